The minimum absolute atomic E-state index is 0.597. The van der Waals surface area contributed by atoms with E-state index in [1.807, 2.05) is 0 Å². The second-order valence-electron chi connectivity index (χ2n) is 20.6. The monoisotopic (exact) mass is 1160 g/mol. The summed E-state index contributed by atoms with van der Waals surface area (Å²) >= 11 is 0. The highest BCUT2D eigenvalue weighted by molar-refractivity contribution is 5.00. The van der Waals surface area contributed by atoms with Crippen molar-refractivity contribution in [3.63, 3.8) is 0 Å². The summed E-state index contributed by atoms with van der Waals surface area (Å²) in [5, 5.41) is 216. The average Bonchev–Trinajstić information content (AvgIpc) is 3.48. The van der Waals surface area contributed by atoms with Crippen LogP contribution in [0.2, 0.25) is 0 Å². The molecule has 0 saturated carbocycles. The zero-order valence-corrected chi connectivity index (χ0v) is 42.8. The van der Waals surface area contributed by atoms with Gasteiger partial charge in [0.05, 0.1) is 70.7 Å². The Labute approximate surface area is 449 Å². The fourth-order valence-corrected chi connectivity index (χ4v) is 10.5. The Balaban J connectivity index is 1.06. The number of aliphatic hydroxyl groups excluding tert-OH is 20. The van der Waals surface area contributed by atoms with Gasteiger partial charge in [0.2, 0.25) is 0 Å². The molecule has 14 unspecified atom stereocenters. The predicted molar refractivity (Wildman–Crippen MR) is 243 cm³/mol. The van der Waals surface area contributed by atoms with Crippen molar-refractivity contribution >= 4 is 0 Å². The predicted octanol–water partition coefficient (Wildman–Crippen LogP) is -13.1. The maximum atomic E-state index is 11.7. The summed E-state index contributed by atoms with van der Waals surface area (Å²) in [6.45, 7) is -3.02. The second kappa shape index (κ2) is 28.2. The lowest BCUT2D eigenvalue weighted by Crippen LogP contribution is -2.68. The van der Waals surface area contributed by atoms with Gasteiger partial charge in [-0.25, -0.2) is 0 Å². The molecule has 0 amide bonds. The Morgan fingerprint density at radius 2 is 0.481 bits per heavy atom. The maximum absolute atomic E-state index is 11.7. The number of methoxy groups -OCH3 is 1. The van der Waals surface area contributed by atoms with Crippen molar-refractivity contribution in [3.05, 3.63) is 0 Å². The number of aliphatic hydroxyl groups is 20. The highest BCUT2D eigenvalue weighted by Crippen LogP contribution is 2.38. The molecule has 7 rings (SSSR count). The SMILES string of the molecule is CO[C@@H]1OC(CO)[C@@H](O[C@@H]2OC(CO[C@@H]3OC(CO)[C@@H](O[C@@H]4OC(CO)[C@@H](O[C@@H]5OC(CO)[C@@H](C)[C@H](O)C5O)[C@H](O)C4O)[C@H](O)C3O)[C@@H](O[C@@H]3OC(CO)[C@@H](O[C@@H]4OC(CO)[C@@H](C)[C@H](O)C4O)[C@H](O)C3O)[C@H](O)C2O)[C@H](O)C1O. The first-order valence-corrected chi connectivity index (χ1v) is 25.7. The molecule has 0 aromatic heterocycles. The maximum Gasteiger partial charge on any atom is 0.187 e. The van der Waals surface area contributed by atoms with Gasteiger partial charge in [-0.3, -0.25) is 0 Å². The number of hydrogen-bond acceptors (Lipinski definition) is 34. The van der Waals surface area contributed by atoms with Gasteiger partial charge in [-0.2, -0.15) is 0 Å². The van der Waals surface area contributed by atoms with E-state index in [0.717, 1.165) is 7.11 Å². The third-order valence-corrected chi connectivity index (χ3v) is 15.5. The lowest BCUT2D eigenvalue weighted by Gasteiger charge is -2.49. The van der Waals surface area contributed by atoms with Gasteiger partial charge in [0.25, 0.3) is 0 Å². The van der Waals surface area contributed by atoms with Crippen molar-refractivity contribution in [1.29, 1.82) is 0 Å². The molecule has 34 nitrogen and oxygen atoms in total. The van der Waals surface area contributed by atoms with E-state index in [0.29, 0.717) is 0 Å². The standard InChI is InChI=1S/C45H78O34/c1-11-13(4-46)68-41(27(59)20(11)52)75-36-17(8-50)72-43(31(63)24(36)56)77-35-16(7-49)71-40(30(62)23(35)55)67-10-19-38(26(58)33(65)45(74-19)78-34-15(6-48)70-39(66-3)29(61)22(34)54)79-44-32(64)25(57)37(18(9-51)73-44)76-42-28(60)21(53)12(2)14(5-47)69-42/h11-65H,4-10H2,1-3H3/t11-,12-,13?,14?,15?,16?,17?,18?,19?,20+,21+,22-,23-,24-,25-,26-,27?,28?,29?,30?,31?,32?,33?,34-,35-,36-,37-,38-,39-,40-,41+,42+,43+,44+,45+/m1/s1. The van der Waals surface area contributed by atoms with E-state index in [1.54, 1.807) is 0 Å². The van der Waals surface area contributed by atoms with E-state index >= 15 is 0 Å². The Morgan fingerprint density at radius 3 is 0.772 bits per heavy atom. The van der Waals surface area contributed by atoms with E-state index < -0.39 is 261 Å². The van der Waals surface area contributed by atoms with Gasteiger partial charge in [0.15, 0.2) is 44.0 Å². The lowest BCUT2D eigenvalue weighted by molar-refractivity contribution is -0.393. The van der Waals surface area contributed by atoms with Crippen LogP contribution in [0.15, 0.2) is 0 Å². The van der Waals surface area contributed by atoms with Crippen LogP contribution in [0, 0.1) is 11.8 Å². The largest absolute Gasteiger partial charge is 0.394 e. The van der Waals surface area contributed by atoms with Gasteiger partial charge in [-0.05, 0) is 0 Å². The summed E-state index contributed by atoms with van der Waals surface area (Å²) in [6, 6.07) is 0. The lowest BCUT2D eigenvalue weighted by atomic mass is 9.91. The number of ether oxygens (including phenoxy) is 14. The molecule has 35 atom stereocenters. The molecule has 0 bridgehead atoms. The highest BCUT2D eigenvalue weighted by atomic mass is 16.8. The van der Waals surface area contributed by atoms with Crippen molar-refractivity contribution in [2.45, 2.75) is 217 Å². The van der Waals surface area contributed by atoms with Gasteiger partial charge in [-0.1, -0.05) is 13.8 Å². The van der Waals surface area contributed by atoms with Crippen molar-refractivity contribution in [2.24, 2.45) is 11.8 Å². The average molecular weight is 1160 g/mol. The Morgan fingerprint density at radius 1 is 0.266 bits per heavy atom. The van der Waals surface area contributed by atoms with Crippen molar-refractivity contribution in [1.82, 2.24) is 0 Å². The van der Waals surface area contributed by atoms with Crippen molar-refractivity contribution < 1.29 is 168 Å². The van der Waals surface area contributed by atoms with Crippen LogP contribution in [-0.2, 0) is 66.3 Å². The van der Waals surface area contributed by atoms with Crippen LogP contribution in [0.4, 0.5) is 0 Å². The third kappa shape index (κ3) is 13.5. The molecular formula is C45H78O34. The molecule has 7 heterocycles. The van der Waals surface area contributed by atoms with Crippen LogP contribution in [0.1, 0.15) is 13.8 Å². The first-order valence-electron chi connectivity index (χ1n) is 25.7. The van der Waals surface area contributed by atoms with E-state index in [1.165, 1.54) is 13.8 Å². The zero-order chi connectivity index (χ0) is 58.1. The molecule has 0 aliphatic carbocycles. The van der Waals surface area contributed by atoms with Gasteiger partial charge >= 0.3 is 0 Å². The van der Waals surface area contributed by atoms with Gasteiger partial charge in [0.1, 0.15) is 134 Å². The van der Waals surface area contributed by atoms with E-state index in [-0.39, 0.29) is 0 Å². The summed E-state index contributed by atoms with van der Waals surface area (Å²) in [4.78, 5) is 0. The molecule has 7 saturated heterocycles. The molecule has 7 aliphatic rings. The van der Waals surface area contributed by atoms with E-state index in [9.17, 15) is 102 Å². The fraction of sp³-hybridized carbons (Fsp3) is 1.00. The molecule has 0 aromatic rings. The second-order valence-corrected chi connectivity index (χ2v) is 20.6. The highest BCUT2D eigenvalue weighted by Gasteiger charge is 2.58. The molecule has 34 heteroatoms. The molecule has 20 N–H and O–H groups in total. The summed E-state index contributed by atoms with van der Waals surface area (Å²) in [5.41, 5.74) is 0. The molecule has 7 aliphatic heterocycles. The van der Waals surface area contributed by atoms with Crippen molar-refractivity contribution in [3.8, 4) is 0 Å². The minimum atomic E-state index is -2.22. The van der Waals surface area contributed by atoms with Crippen LogP contribution in [0.3, 0.4) is 0 Å². The number of hydrogen-bond donors (Lipinski definition) is 20. The van der Waals surface area contributed by atoms with Crippen LogP contribution in [-0.4, -0.2) is 358 Å². The summed E-state index contributed by atoms with van der Waals surface area (Å²) in [7, 11) is 1.13. The summed E-state index contributed by atoms with van der Waals surface area (Å²) in [6.07, 6.45) is -59.6. The minimum Gasteiger partial charge on any atom is -0.394 e. The first kappa shape index (κ1) is 65.2. The Bertz CT molecular complexity index is 1820. The quantitative estimate of drug-likeness (QED) is 0.0538. The molecule has 7 fully saturated rings. The third-order valence-electron chi connectivity index (χ3n) is 15.5. The smallest absolute Gasteiger partial charge is 0.187 e. The molecule has 462 valence electrons. The number of rotatable bonds is 20. The summed E-state index contributed by atoms with van der Waals surface area (Å²) in [5.74, 6) is -1.54. The van der Waals surface area contributed by atoms with Crippen LogP contribution in [0.25, 0.3) is 0 Å². The Hall–Kier alpha value is -1.36. The first-order chi connectivity index (χ1) is 37.5. The van der Waals surface area contributed by atoms with Gasteiger partial charge in [-0.15, -0.1) is 0 Å². The van der Waals surface area contributed by atoms with Gasteiger partial charge < -0.3 is 168 Å². The molecule has 0 spiro atoms. The molecule has 79 heavy (non-hydrogen) atoms. The topological polar surface area (TPSA) is 534 Å². The zero-order valence-electron chi connectivity index (χ0n) is 42.8. The molecule has 0 aromatic carbocycles. The molecular weight excluding hydrogens is 1080 g/mol. The Kier molecular flexibility index (Phi) is 23.3. The summed E-state index contributed by atoms with van der Waals surface area (Å²) < 4.78 is 79.4. The molecule has 0 radical (unpaired) electrons. The normalized spacial score (nSPS) is 53.0. The van der Waals surface area contributed by atoms with Gasteiger partial charge in [0, 0.05) is 18.9 Å². The van der Waals surface area contributed by atoms with Crippen molar-refractivity contribution in [2.75, 3.05) is 53.4 Å². The van der Waals surface area contributed by atoms with Crippen LogP contribution < -0.4 is 0 Å². The van der Waals surface area contributed by atoms with Crippen LogP contribution >= 0.6 is 0 Å². The van der Waals surface area contributed by atoms with E-state index in [2.05, 4.69) is 0 Å². The van der Waals surface area contributed by atoms with Crippen LogP contribution in [0.5, 0.6) is 0 Å². The van der Waals surface area contributed by atoms with E-state index in [4.69, 9.17) is 66.3 Å². The fourth-order valence-electron chi connectivity index (χ4n) is 10.5.